The van der Waals surface area contributed by atoms with Gasteiger partial charge in [0.15, 0.2) is 0 Å². The number of rotatable bonds is 2. The fourth-order valence-electron chi connectivity index (χ4n) is 1.42. The smallest absolute Gasteiger partial charge is 0.238 e. The van der Waals surface area contributed by atoms with E-state index in [0.29, 0.717) is 6.54 Å². The summed E-state index contributed by atoms with van der Waals surface area (Å²) in [5.74, 6) is -0.434. The monoisotopic (exact) mass is 206 g/mol. The van der Waals surface area contributed by atoms with Gasteiger partial charge < -0.3 is 5.32 Å². The van der Waals surface area contributed by atoms with Crippen LogP contribution in [-0.2, 0) is 14.8 Å². The lowest BCUT2D eigenvalue weighted by Gasteiger charge is -2.12. The van der Waals surface area contributed by atoms with Gasteiger partial charge in [0.2, 0.25) is 15.9 Å². The molecule has 76 valence electrons. The average Bonchev–Trinajstić information content (AvgIpc) is 2.30. The van der Waals surface area contributed by atoms with Crippen molar-refractivity contribution in [1.82, 2.24) is 10.0 Å². The number of amides is 1. The first-order valence-electron chi connectivity index (χ1n) is 4.12. The van der Waals surface area contributed by atoms with Gasteiger partial charge in [-0.3, -0.25) is 9.52 Å². The molecule has 2 N–H and O–H groups in total. The number of carbonyl (C=O) groups is 1. The zero-order valence-corrected chi connectivity index (χ0v) is 8.52. The zero-order valence-electron chi connectivity index (χ0n) is 7.70. The maximum absolute atomic E-state index is 11.3. The van der Waals surface area contributed by atoms with E-state index < -0.39 is 15.9 Å². The van der Waals surface area contributed by atoms with Crippen LogP contribution in [0.1, 0.15) is 6.92 Å². The van der Waals surface area contributed by atoms with E-state index in [0.717, 1.165) is 12.8 Å². The van der Waals surface area contributed by atoms with Gasteiger partial charge in [-0.1, -0.05) is 6.92 Å². The van der Waals surface area contributed by atoms with E-state index in [4.69, 9.17) is 0 Å². The number of hydrogen-bond donors (Lipinski definition) is 2. The molecular formula is C7H14N2O3S. The molecule has 0 aromatic rings. The molecule has 0 aromatic carbocycles. The number of sulfonamides is 1. The van der Waals surface area contributed by atoms with Gasteiger partial charge in [-0.15, -0.1) is 0 Å². The van der Waals surface area contributed by atoms with Gasteiger partial charge in [0.05, 0.1) is 12.2 Å². The summed E-state index contributed by atoms with van der Waals surface area (Å²) in [6.45, 7) is 3.25. The average molecular weight is 206 g/mol. The third-order valence-electron chi connectivity index (χ3n) is 2.14. The van der Waals surface area contributed by atoms with Crippen molar-refractivity contribution in [2.45, 2.75) is 6.92 Å². The highest BCUT2D eigenvalue weighted by Gasteiger charge is 2.30. The van der Waals surface area contributed by atoms with Crippen molar-refractivity contribution in [3.63, 3.8) is 0 Å². The second-order valence-electron chi connectivity index (χ2n) is 3.48. The molecule has 1 rings (SSSR count). The summed E-state index contributed by atoms with van der Waals surface area (Å²) in [7, 11) is -3.41. The molecule has 1 aliphatic rings. The minimum Gasteiger partial charge on any atom is -0.316 e. The quantitative estimate of drug-likeness (QED) is 0.602. The minimum absolute atomic E-state index is 0.196. The second-order valence-corrected chi connectivity index (χ2v) is 5.23. The van der Waals surface area contributed by atoms with Crippen LogP contribution in [0.25, 0.3) is 0 Å². The first kappa shape index (κ1) is 10.5. The molecule has 1 saturated heterocycles. The van der Waals surface area contributed by atoms with Crippen molar-refractivity contribution in [2.24, 2.45) is 11.8 Å². The Hall–Kier alpha value is -0.620. The number of carbonyl (C=O) groups excluding carboxylic acids is 1. The van der Waals surface area contributed by atoms with Crippen molar-refractivity contribution in [1.29, 1.82) is 0 Å². The van der Waals surface area contributed by atoms with Gasteiger partial charge in [0, 0.05) is 6.54 Å². The predicted molar refractivity (Wildman–Crippen MR) is 48.5 cm³/mol. The van der Waals surface area contributed by atoms with Gasteiger partial charge in [0.25, 0.3) is 0 Å². The lowest BCUT2D eigenvalue weighted by atomic mass is 9.98. The lowest BCUT2D eigenvalue weighted by molar-refractivity contribution is -0.123. The van der Waals surface area contributed by atoms with Crippen LogP contribution < -0.4 is 10.0 Å². The van der Waals surface area contributed by atoms with E-state index in [-0.39, 0.29) is 11.8 Å². The third kappa shape index (κ3) is 2.96. The molecule has 13 heavy (non-hydrogen) atoms. The Morgan fingerprint density at radius 3 is 2.46 bits per heavy atom. The normalized spacial score (nSPS) is 28.8. The van der Waals surface area contributed by atoms with Crippen LogP contribution in [0.5, 0.6) is 0 Å². The molecule has 1 aliphatic heterocycles. The van der Waals surface area contributed by atoms with Crippen LogP contribution in [-0.4, -0.2) is 33.7 Å². The summed E-state index contributed by atoms with van der Waals surface area (Å²) >= 11 is 0. The minimum atomic E-state index is -3.41. The standard InChI is InChI=1S/C7H14N2O3S/c1-5-3-8-4-6(5)7(10)9-13(2,11)12/h5-6,8H,3-4H2,1-2H3,(H,9,10). The molecule has 6 heteroatoms. The van der Waals surface area contributed by atoms with Gasteiger partial charge in [0.1, 0.15) is 0 Å². The van der Waals surface area contributed by atoms with Crippen LogP contribution in [0.3, 0.4) is 0 Å². The number of nitrogens with one attached hydrogen (secondary N) is 2. The van der Waals surface area contributed by atoms with Crippen LogP contribution in [0.15, 0.2) is 0 Å². The molecule has 1 heterocycles. The van der Waals surface area contributed by atoms with E-state index in [9.17, 15) is 13.2 Å². The van der Waals surface area contributed by atoms with Crippen LogP contribution in [0, 0.1) is 11.8 Å². The molecular weight excluding hydrogens is 192 g/mol. The van der Waals surface area contributed by atoms with Crippen molar-refractivity contribution >= 4 is 15.9 Å². The zero-order chi connectivity index (χ0) is 10.1. The molecule has 0 aliphatic carbocycles. The molecule has 1 amide bonds. The van der Waals surface area contributed by atoms with Gasteiger partial charge in [-0.25, -0.2) is 8.42 Å². The molecule has 0 radical (unpaired) electrons. The Balaban J connectivity index is 2.58. The maximum atomic E-state index is 11.3. The summed E-state index contributed by atoms with van der Waals surface area (Å²) in [6.07, 6.45) is 0.984. The molecule has 2 unspecified atom stereocenters. The van der Waals surface area contributed by atoms with E-state index in [1.165, 1.54) is 0 Å². The fourth-order valence-corrected chi connectivity index (χ4v) is 1.94. The molecule has 1 fully saturated rings. The highest BCUT2D eigenvalue weighted by molar-refractivity contribution is 7.89. The molecule has 5 nitrogen and oxygen atoms in total. The molecule has 0 saturated carbocycles. The summed E-state index contributed by atoms with van der Waals surface area (Å²) in [4.78, 5) is 11.3. The van der Waals surface area contributed by atoms with Crippen LogP contribution in [0.2, 0.25) is 0 Å². The Labute approximate surface area is 77.9 Å². The topological polar surface area (TPSA) is 75.3 Å². The Kier molecular flexibility index (Phi) is 2.92. The summed E-state index contributed by atoms with van der Waals surface area (Å²) < 4.78 is 23.5. The fraction of sp³-hybridized carbons (Fsp3) is 0.857. The van der Waals surface area contributed by atoms with Crippen molar-refractivity contribution in [3.05, 3.63) is 0 Å². The van der Waals surface area contributed by atoms with Crippen molar-refractivity contribution < 1.29 is 13.2 Å². The third-order valence-corrected chi connectivity index (χ3v) is 2.71. The van der Waals surface area contributed by atoms with Gasteiger partial charge in [-0.2, -0.15) is 0 Å². The van der Waals surface area contributed by atoms with E-state index in [1.54, 1.807) is 0 Å². The Morgan fingerprint density at radius 2 is 2.08 bits per heavy atom. The van der Waals surface area contributed by atoms with E-state index in [1.807, 2.05) is 11.6 Å². The Morgan fingerprint density at radius 1 is 1.46 bits per heavy atom. The summed E-state index contributed by atoms with van der Waals surface area (Å²) in [5.41, 5.74) is 0. The SMILES string of the molecule is CC1CNCC1C(=O)NS(C)(=O)=O. The summed E-state index contributed by atoms with van der Waals surface area (Å²) in [6, 6.07) is 0. The molecule has 0 bridgehead atoms. The molecule has 0 aromatic heterocycles. The van der Waals surface area contributed by atoms with Crippen LogP contribution >= 0.6 is 0 Å². The van der Waals surface area contributed by atoms with E-state index in [2.05, 4.69) is 5.32 Å². The van der Waals surface area contributed by atoms with Gasteiger partial charge >= 0.3 is 0 Å². The lowest BCUT2D eigenvalue weighted by Crippen LogP contribution is -2.37. The summed E-state index contributed by atoms with van der Waals surface area (Å²) in [5, 5.41) is 3.03. The van der Waals surface area contributed by atoms with Gasteiger partial charge in [-0.05, 0) is 12.5 Å². The first-order valence-corrected chi connectivity index (χ1v) is 6.01. The predicted octanol–water partition coefficient (Wildman–Crippen LogP) is -1.08. The highest BCUT2D eigenvalue weighted by Crippen LogP contribution is 2.15. The first-order chi connectivity index (χ1) is 5.90. The molecule has 2 atom stereocenters. The van der Waals surface area contributed by atoms with Crippen LogP contribution in [0.4, 0.5) is 0 Å². The number of hydrogen-bond acceptors (Lipinski definition) is 4. The largest absolute Gasteiger partial charge is 0.316 e. The van der Waals surface area contributed by atoms with Crippen molar-refractivity contribution in [3.8, 4) is 0 Å². The maximum Gasteiger partial charge on any atom is 0.238 e. The second kappa shape index (κ2) is 3.63. The van der Waals surface area contributed by atoms with E-state index >= 15 is 0 Å². The Bertz CT molecular complexity index is 299. The highest BCUT2D eigenvalue weighted by atomic mass is 32.2. The molecule has 0 spiro atoms. The van der Waals surface area contributed by atoms with Crippen molar-refractivity contribution in [2.75, 3.05) is 19.3 Å².